The molecule has 0 saturated heterocycles. The van der Waals surface area contributed by atoms with Crippen molar-refractivity contribution >= 4 is 18.4 Å². The van der Waals surface area contributed by atoms with Crippen LogP contribution >= 0.6 is 18.4 Å². The van der Waals surface area contributed by atoms with Gasteiger partial charge in [0.05, 0.1) is 0 Å². The molecule has 0 fully saturated rings. The molecule has 0 aromatic rings. The first-order valence-electron chi connectivity index (χ1n) is 4.88. The molecular weight excluding hydrogens is 320 g/mol. The molecular formula is C13H19Cl2Nb. The topological polar surface area (TPSA) is 0 Å². The fraction of sp³-hybridized carbons (Fsp3) is 0.462. The predicted molar refractivity (Wildman–Crippen MR) is 71.9 cm³/mol. The number of rotatable bonds is 0. The summed E-state index contributed by atoms with van der Waals surface area (Å²) in [4.78, 5) is 0. The molecule has 0 unspecified atom stereocenters. The van der Waals surface area contributed by atoms with E-state index in [-0.39, 0.29) is 0 Å². The van der Waals surface area contributed by atoms with Crippen molar-refractivity contribution in [1.29, 1.82) is 0 Å². The van der Waals surface area contributed by atoms with Crippen molar-refractivity contribution in [3.8, 4) is 12.3 Å². The molecule has 0 spiro atoms. The van der Waals surface area contributed by atoms with Crippen LogP contribution in [0.2, 0.25) is 0 Å². The van der Waals surface area contributed by atoms with Crippen molar-refractivity contribution in [1.82, 2.24) is 0 Å². The predicted octanol–water partition coefficient (Wildman–Crippen LogP) is 5.28. The summed E-state index contributed by atoms with van der Waals surface area (Å²) in [6.45, 7) is 12.6. The third kappa shape index (κ3) is 6.18. The van der Waals surface area contributed by atoms with E-state index in [0.29, 0.717) is 0 Å². The average Bonchev–Trinajstić information content (AvgIpc) is 2.39. The number of allylic oxidation sites excluding steroid dienone is 4. The Morgan fingerprint density at radius 2 is 1.06 bits per heavy atom. The molecule has 1 radical (unpaired) electrons. The van der Waals surface area contributed by atoms with Gasteiger partial charge >= 0.3 is 36.0 Å². The number of halogens is 2. The maximum absolute atomic E-state index is 4.91. The molecule has 0 aliphatic heterocycles. The van der Waals surface area contributed by atoms with Crippen molar-refractivity contribution in [2.24, 2.45) is 0 Å². The standard InChI is InChI=1S/C10H15.C3H4.2ClH.Nb/c1-6-7(2)9(4)10(5)8(6)3;1-3-2;;;/h1-5H3;1H,2H3;2*1H;/q;;;;+2/p-2. The molecule has 1 aliphatic carbocycles. The van der Waals surface area contributed by atoms with E-state index < -0.39 is 17.6 Å². The number of terminal acetylenes is 1. The van der Waals surface area contributed by atoms with Crippen LogP contribution in [0, 0.1) is 18.3 Å². The van der Waals surface area contributed by atoms with Crippen LogP contribution in [0.15, 0.2) is 22.3 Å². The Bertz CT molecular complexity index is 284. The zero-order valence-corrected chi connectivity index (χ0v) is 14.5. The maximum atomic E-state index is 4.91. The molecule has 90 valence electrons. The Hall–Kier alpha value is 0.360. The van der Waals surface area contributed by atoms with Crippen LogP contribution in [-0.2, 0) is 17.6 Å². The summed E-state index contributed by atoms with van der Waals surface area (Å²) in [7, 11) is 9.83. The zero-order valence-electron chi connectivity index (χ0n) is 10.8. The Balaban J connectivity index is 0. The van der Waals surface area contributed by atoms with Crippen LogP contribution in [0.4, 0.5) is 0 Å². The van der Waals surface area contributed by atoms with Gasteiger partial charge in [-0.15, -0.1) is 12.3 Å². The Kier molecular flexibility index (Phi) is 12.3. The molecule has 0 nitrogen and oxygen atoms in total. The molecule has 1 rings (SSSR count). The summed E-state index contributed by atoms with van der Waals surface area (Å²) in [6, 6.07) is 0. The van der Waals surface area contributed by atoms with E-state index in [4.69, 9.17) is 18.4 Å². The molecule has 0 amide bonds. The summed E-state index contributed by atoms with van der Waals surface area (Å²) >= 11 is -0.706. The normalized spacial score (nSPS) is 14.7. The minimum absolute atomic E-state index is 0.706. The van der Waals surface area contributed by atoms with E-state index in [9.17, 15) is 0 Å². The molecule has 0 aromatic carbocycles. The van der Waals surface area contributed by atoms with Crippen molar-refractivity contribution in [2.75, 3.05) is 0 Å². The molecule has 1 aliphatic rings. The van der Waals surface area contributed by atoms with Crippen molar-refractivity contribution in [3.63, 3.8) is 0 Å². The second kappa shape index (κ2) is 10.5. The van der Waals surface area contributed by atoms with Gasteiger partial charge in [-0.1, -0.05) is 18.1 Å². The average molecular weight is 339 g/mol. The molecule has 0 bridgehead atoms. The molecule has 0 aromatic heterocycles. The second-order valence-corrected chi connectivity index (χ2v) is 6.82. The van der Waals surface area contributed by atoms with Gasteiger partial charge in [0.15, 0.2) is 0 Å². The van der Waals surface area contributed by atoms with Gasteiger partial charge in [0.2, 0.25) is 0 Å². The summed E-state index contributed by atoms with van der Waals surface area (Å²) in [5, 5.41) is 0. The third-order valence-electron chi connectivity index (χ3n) is 2.81. The van der Waals surface area contributed by atoms with E-state index in [1.807, 2.05) is 0 Å². The molecule has 0 saturated carbocycles. The van der Waals surface area contributed by atoms with Crippen molar-refractivity contribution < 1.29 is 17.6 Å². The Labute approximate surface area is 117 Å². The summed E-state index contributed by atoms with van der Waals surface area (Å²) in [5.41, 5.74) is 5.87. The summed E-state index contributed by atoms with van der Waals surface area (Å²) in [6.07, 6.45) is 4.60. The van der Waals surface area contributed by atoms with Crippen LogP contribution < -0.4 is 0 Å². The summed E-state index contributed by atoms with van der Waals surface area (Å²) in [5.74, 6) is 3.72. The number of hydrogen-bond acceptors (Lipinski definition) is 0. The summed E-state index contributed by atoms with van der Waals surface area (Å²) < 4.78 is 0. The second-order valence-electron chi connectivity index (χ2n) is 3.48. The quantitative estimate of drug-likeness (QED) is 0.416. The van der Waals surface area contributed by atoms with E-state index in [1.165, 1.54) is 28.2 Å². The van der Waals surface area contributed by atoms with Gasteiger partial charge in [-0.2, -0.15) is 0 Å². The van der Waals surface area contributed by atoms with Gasteiger partial charge in [0.25, 0.3) is 0 Å². The van der Waals surface area contributed by atoms with Gasteiger partial charge in [-0.25, -0.2) is 0 Å². The fourth-order valence-electron chi connectivity index (χ4n) is 1.41. The molecule has 0 atom stereocenters. The monoisotopic (exact) mass is 338 g/mol. The van der Waals surface area contributed by atoms with E-state index in [2.05, 4.69) is 47.0 Å². The van der Waals surface area contributed by atoms with Crippen molar-refractivity contribution in [2.45, 2.75) is 41.5 Å². The van der Waals surface area contributed by atoms with Crippen LogP contribution in [0.3, 0.4) is 0 Å². The third-order valence-corrected chi connectivity index (χ3v) is 2.81. The Morgan fingerprint density at radius 1 is 0.875 bits per heavy atom. The van der Waals surface area contributed by atoms with E-state index in [1.54, 1.807) is 6.92 Å². The number of hydrogen-bond donors (Lipinski definition) is 0. The fourth-order valence-corrected chi connectivity index (χ4v) is 1.41. The minimum atomic E-state index is -0.706. The molecule has 3 heteroatoms. The van der Waals surface area contributed by atoms with Gasteiger partial charge in [0, 0.05) is 5.92 Å². The van der Waals surface area contributed by atoms with Gasteiger partial charge in [0.1, 0.15) is 0 Å². The first kappa shape index (κ1) is 18.7. The van der Waals surface area contributed by atoms with Crippen LogP contribution in [-0.4, -0.2) is 0 Å². The molecule has 0 N–H and O–H groups in total. The van der Waals surface area contributed by atoms with Crippen LogP contribution in [0.5, 0.6) is 0 Å². The Morgan fingerprint density at radius 3 is 1.12 bits per heavy atom. The zero-order chi connectivity index (χ0) is 13.3. The van der Waals surface area contributed by atoms with E-state index in [0.717, 1.165) is 0 Å². The van der Waals surface area contributed by atoms with Gasteiger partial charge in [-0.05, 0) is 45.8 Å². The van der Waals surface area contributed by atoms with Crippen LogP contribution in [0.25, 0.3) is 0 Å². The van der Waals surface area contributed by atoms with E-state index >= 15 is 0 Å². The van der Waals surface area contributed by atoms with Gasteiger partial charge < -0.3 is 0 Å². The SMILES string of the molecule is C#CC.C[C]1C(C)=C(C)C(C)=C1C.[Cl][Nb][Cl]. The van der Waals surface area contributed by atoms with Gasteiger partial charge in [-0.3, -0.25) is 0 Å². The molecule has 16 heavy (non-hydrogen) atoms. The molecule has 0 heterocycles. The van der Waals surface area contributed by atoms with Crippen LogP contribution in [0.1, 0.15) is 41.5 Å². The first-order valence-corrected chi connectivity index (χ1v) is 10.5. The van der Waals surface area contributed by atoms with Crippen molar-refractivity contribution in [3.05, 3.63) is 28.2 Å². The first-order chi connectivity index (χ1) is 7.38.